The van der Waals surface area contributed by atoms with Gasteiger partial charge in [-0.25, -0.2) is 0 Å². The second kappa shape index (κ2) is 1.58. The van der Waals surface area contributed by atoms with Gasteiger partial charge in [-0.2, -0.15) is 5.10 Å². The zero-order valence-electron chi connectivity index (χ0n) is 4.68. The van der Waals surface area contributed by atoms with Crippen LogP contribution >= 0.6 is 0 Å². The zero-order valence-corrected chi connectivity index (χ0v) is 4.68. The van der Waals surface area contributed by atoms with Gasteiger partial charge in [-0.1, -0.05) is 0 Å². The van der Waals surface area contributed by atoms with E-state index in [1.54, 1.807) is 6.20 Å². The van der Waals surface area contributed by atoms with Crippen molar-refractivity contribution in [2.75, 3.05) is 17.3 Å². The van der Waals surface area contributed by atoms with E-state index in [0.717, 1.165) is 18.2 Å². The fourth-order valence-electron chi connectivity index (χ4n) is 0.773. The average molecular weight is 121 g/mol. The minimum Gasteiger partial charge on any atom is -0.364 e. The summed E-state index contributed by atoms with van der Waals surface area (Å²) < 4.78 is 0. The van der Waals surface area contributed by atoms with E-state index in [9.17, 15) is 0 Å². The topological polar surface area (TPSA) is 49.8 Å². The van der Waals surface area contributed by atoms with E-state index in [-0.39, 0.29) is 0 Å². The number of hydrogen-bond acceptors (Lipinski definition) is 4. The first-order valence-corrected chi connectivity index (χ1v) is 2.68. The second-order valence-corrected chi connectivity index (χ2v) is 1.74. The van der Waals surface area contributed by atoms with Crippen molar-refractivity contribution >= 4 is 11.5 Å². The van der Waals surface area contributed by atoms with Crippen LogP contribution in [0.25, 0.3) is 0 Å². The summed E-state index contributed by atoms with van der Waals surface area (Å²) in [7, 11) is 0. The Balaban J connectivity index is 2.54. The van der Waals surface area contributed by atoms with Crippen LogP contribution in [0.4, 0.5) is 11.5 Å². The summed E-state index contributed by atoms with van der Waals surface area (Å²) >= 11 is 0. The highest BCUT2D eigenvalue weighted by Gasteiger charge is 2.07. The lowest BCUT2D eigenvalue weighted by atomic mass is 10.5. The normalized spacial score (nSPS) is 13.8. The molecule has 1 aliphatic rings. The predicted octanol–water partition coefficient (Wildman–Crippen LogP) is 0.0717. The molecular weight excluding hydrogens is 116 g/mol. The van der Waals surface area contributed by atoms with Gasteiger partial charge in [0.05, 0.1) is 18.6 Å². The number of fused-ring (bicyclic) bond motifs is 1. The molecule has 1 radical (unpaired) electrons. The molecule has 0 aromatic carbocycles. The molecule has 9 heavy (non-hydrogen) atoms. The zero-order chi connectivity index (χ0) is 6.10. The SMILES string of the molecule is [c]1cnnc2c1NCN2. The van der Waals surface area contributed by atoms with Gasteiger partial charge in [0.15, 0.2) is 5.82 Å². The first-order valence-electron chi connectivity index (χ1n) is 2.68. The Bertz CT molecular complexity index is 199. The minimum absolute atomic E-state index is 0.727. The Kier molecular flexibility index (Phi) is 0.798. The lowest BCUT2D eigenvalue weighted by Gasteiger charge is -1.89. The largest absolute Gasteiger partial charge is 0.364 e. The number of aromatic nitrogens is 2. The van der Waals surface area contributed by atoms with Crippen LogP contribution in [-0.2, 0) is 0 Å². The highest BCUT2D eigenvalue weighted by atomic mass is 15.3. The van der Waals surface area contributed by atoms with E-state index >= 15 is 0 Å². The average Bonchev–Trinajstić information content (AvgIpc) is 2.33. The number of nitrogens with one attached hydrogen (secondary N) is 2. The lowest BCUT2D eigenvalue weighted by molar-refractivity contribution is 1.04. The van der Waals surface area contributed by atoms with Crippen LogP contribution in [0.5, 0.6) is 0 Å². The van der Waals surface area contributed by atoms with Gasteiger partial charge in [-0.05, 0) is 0 Å². The molecule has 0 unspecified atom stereocenters. The monoisotopic (exact) mass is 121 g/mol. The highest BCUT2D eigenvalue weighted by Crippen LogP contribution is 2.19. The quantitative estimate of drug-likeness (QED) is 0.510. The predicted molar refractivity (Wildman–Crippen MR) is 33.0 cm³/mol. The van der Waals surface area contributed by atoms with Gasteiger partial charge in [-0.3, -0.25) is 0 Å². The van der Waals surface area contributed by atoms with Crippen LogP contribution in [0.15, 0.2) is 6.20 Å². The molecule has 1 aliphatic heterocycles. The molecule has 0 atom stereocenters. The smallest absolute Gasteiger partial charge is 0.174 e. The molecule has 0 fully saturated rings. The highest BCUT2D eigenvalue weighted by molar-refractivity contribution is 5.66. The first-order chi connectivity index (χ1) is 4.47. The Morgan fingerprint density at radius 2 is 2.56 bits per heavy atom. The number of anilines is 2. The standard InChI is InChI=1S/C5H5N4/c1-2-8-9-5-4(1)6-3-7-5/h2,6H,3H2,(H,7,9). The molecular formula is C5H5N4. The van der Waals surface area contributed by atoms with Crippen LogP contribution in [0.1, 0.15) is 0 Å². The van der Waals surface area contributed by atoms with Gasteiger partial charge in [0.25, 0.3) is 0 Å². The maximum atomic E-state index is 3.80. The van der Waals surface area contributed by atoms with Gasteiger partial charge in [-0.15, -0.1) is 5.10 Å². The van der Waals surface area contributed by atoms with Crippen molar-refractivity contribution in [2.24, 2.45) is 0 Å². The van der Waals surface area contributed by atoms with Gasteiger partial charge < -0.3 is 10.6 Å². The first kappa shape index (κ1) is 4.55. The summed E-state index contributed by atoms with van der Waals surface area (Å²) in [5.41, 5.74) is 0.907. The Hall–Kier alpha value is -1.32. The van der Waals surface area contributed by atoms with Crippen LogP contribution in [0.2, 0.25) is 0 Å². The van der Waals surface area contributed by atoms with Gasteiger partial charge in [0.1, 0.15) is 0 Å². The van der Waals surface area contributed by atoms with Crippen molar-refractivity contribution < 1.29 is 0 Å². The molecule has 0 saturated carbocycles. The van der Waals surface area contributed by atoms with Crippen LogP contribution in [0.3, 0.4) is 0 Å². The van der Waals surface area contributed by atoms with Crippen molar-refractivity contribution in [1.29, 1.82) is 0 Å². The van der Waals surface area contributed by atoms with E-state index in [0.29, 0.717) is 0 Å². The Morgan fingerprint density at radius 3 is 3.44 bits per heavy atom. The summed E-state index contributed by atoms with van der Waals surface area (Å²) in [6.45, 7) is 0.727. The molecule has 0 amide bonds. The van der Waals surface area contributed by atoms with Gasteiger partial charge in [0.2, 0.25) is 0 Å². The Morgan fingerprint density at radius 1 is 1.56 bits per heavy atom. The minimum atomic E-state index is 0.727. The third-order valence-corrected chi connectivity index (χ3v) is 1.18. The van der Waals surface area contributed by atoms with E-state index in [1.165, 1.54) is 0 Å². The fourth-order valence-corrected chi connectivity index (χ4v) is 0.773. The lowest BCUT2D eigenvalue weighted by Crippen LogP contribution is -1.99. The second-order valence-electron chi connectivity index (χ2n) is 1.74. The van der Waals surface area contributed by atoms with Crippen molar-refractivity contribution in [2.45, 2.75) is 0 Å². The molecule has 4 heteroatoms. The molecule has 2 heterocycles. The molecule has 0 bridgehead atoms. The fraction of sp³-hybridized carbons (Fsp3) is 0.200. The van der Waals surface area contributed by atoms with Crippen LogP contribution in [0, 0.1) is 6.07 Å². The van der Waals surface area contributed by atoms with Crippen molar-refractivity contribution in [1.82, 2.24) is 10.2 Å². The number of hydrogen-bond donors (Lipinski definition) is 2. The van der Waals surface area contributed by atoms with E-state index in [1.807, 2.05) is 0 Å². The number of rotatable bonds is 0. The summed E-state index contributed by atoms with van der Waals surface area (Å²) in [6, 6.07) is 2.90. The molecule has 0 spiro atoms. The summed E-state index contributed by atoms with van der Waals surface area (Å²) in [5.74, 6) is 0.789. The summed E-state index contributed by atoms with van der Waals surface area (Å²) in [6.07, 6.45) is 1.54. The van der Waals surface area contributed by atoms with E-state index < -0.39 is 0 Å². The maximum absolute atomic E-state index is 3.80. The van der Waals surface area contributed by atoms with E-state index in [2.05, 4.69) is 26.9 Å². The van der Waals surface area contributed by atoms with Crippen molar-refractivity contribution in [3.8, 4) is 0 Å². The molecule has 1 aromatic rings. The molecule has 45 valence electrons. The third kappa shape index (κ3) is 0.595. The van der Waals surface area contributed by atoms with Crippen LogP contribution < -0.4 is 10.6 Å². The van der Waals surface area contributed by atoms with Gasteiger partial charge >= 0.3 is 0 Å². The molecule has 0 aliphatic carbocycles. The summed E-state index contributed by atoms with van der Waals surface area (Å²) in [5, 5.41) is 13.5. The van der Waals surface area contributed by atoms with E-state index in [4.69, 9.17) is 0 Å². The van der Waals surface area contributed by atoms with Gasteiger partial charge in [0, 0.05) is 6.07 Å². The van der Waals surface area contributed by atoms with Crippen molar-refractivity contribution in [3.05, 3.63) is 12.3 Å². The molecule has 4 nitrogen and oxygen atoms in total. The van der Waals surface area contributed by atoms with Crippen LogP contribution in [-0.4, -0.2) is 16.9 Å². The Labute approximate surface area is 52.3 Å². The molecule has 2 rings (SSSR count). The number of nitrogens with zero attached hydrogens (tertiary/aromatic N) is 2. The molecule has 2 N–H and O–H groups in total. The summed E-state index contributed by atoms with van der Waals surface area (Å²) in [4.78, 5) is 0. The van der Waals surface area contributed by atoms with Crippen molar-refractivity contribution in [3.63, 3.8) is 0 Å². The molecule has 0 saturated heterocycles. The third-order valence-electron chi connectivity index (χ3n) is 1.18. The molecule has 1 aromatic heterocycles. The maximum Gasteiger partial charge on any atom is 0.174 e.